The molecule has 2 aliphatic rings. The van der Waals surface area contributed by atoms with E-state index in [1.54, 1.807) is 0 Å². The molecule has 0 bridgehead atoms. The van der Waals surface area contributed by atoms with Crippen LogP contribution in [0.4, 0.5) is 17.1 Å². The van der Waals surface area contributed by atoms with Crippen LogP contribution in [0.1, 0.15) is 195 Å². The van der Waals surface area contributed by atoms with Crippen molar-refractivity contribution in [3.8, 4) is 44.5 Å². The Hall–Kier alpha value is -8.66. The number of ketones is 2. The number of Topliss-reactive ketones (excluding diaryl/α,β-unsaturated/α-hetero) is 2. The minimum atomic E-state index is -1.39. The summed E-state index contributed by atoms with van der Waals surface area (Å²) in [6.07, 6.45) is 12.8. The van der Waals surface area contributed by atoms with Gasteiger partial charge in [0.2, 0.25) is 0 Å². The highest BCUT2D eigenvalue weighted by Gasteiger charge is 2.54. The molecule has 94 heavy (non-hydrogen) atoms. The second kappa shape index (κ2) is 27.4. The molecule has 2 aliphatic carbocycles. The number of aryl methyl sites for hydroxylation is 1. The van der Waals surface area contributed by atoms with Crippen LogP contribution in [0.2, 0.25) is 0 Å². The topological polar surface area (TPSA) is 37.4 Å². The van der Waals surface area contributed by atoms with E-state index < -0.39 is 5.41 Å². The number of benzene rings is 10. The fourth-order valence-electron chi connectivity index (χ4n) is 15.6. The summed E-state index contributed by atoms with van der Waals surface area (Å²) in [5.74, 6) is 0.0778. The average molecular weight is 1240 g/mol. The van der Waals surface area contributed by atoms with Crippen LogP contribution in [-0.4, -0.2) is 11.6 Å². The second-order valence-electron chi connectivity index (χ2n) is 29.5. The number of hydrogen-bond acceptors (Lipinski definition) is 3. The van der Waals surface area contributed by atoms with Crippen LogP contribution in [0.25, 0.3) is 44.5 Å². The van der Waals surface area contributed by atoms with Crippen LogP contribution in [0.3, 0.4) is 0 Å². The maximum Gasteiger partial charge on any atom is 0.155 e. The molecule has 0 aliphatic heterocycles. The van der Waals surface area contributed by atoms with Gasteiger partial charge >= 0.3 is 0 Å². The van der Waals surface area contributed by atoms with Gasteiger partial charge in [0.05, 0.1) is 0 Å². The number of nitrogens with zero attached hydrogens (tertiary/aromatic N) is 1. The van der Waals surface area contributed by atoms with Gasteiger partial charge in [0, 0.05) is 35.3 Å². The van der Waals surface area contributed by atoms with Crippen LogP contribution >= 0.6 is 0 Å². The third-order valence-electron chi connectivity index (χ3n) is 21.9. The Morgan fingerprint density at radius 3 is 1.18 bits per heavy atom. The lowest BCUT2D eigenvalue weighted by atomic mass is 9.60. The number of carbonyl (C=O) groups is 2. The lowest BCUT2D eigenvalue weighted by Gasteiger charge is -2.44. The Balaban J connectivity index is 0.885. The van der Waals surface area contributed by atoms with E-state index in [-0.39, 0.29) is 33.2 Å². The summed E-state index contributed by atoms with van der Waals surface area (Å²) in [6.45, 7) is 23.3. The van der Waals surface area contributed by atoms with Gasteiger partial charge in [0.1, 0.15) is 5.41 Å². The summed E-state index contributed by atoms with van der Waals surface area (Å²) >= 11 is 0. The Morgan fingerprint density at radius 2 is 0.713 bits per heavy atom. The highest BCUT2D eigenvalue weighted by atomic mass is 16.2. The van der Waals surface area contributed by atoms with E-state index in [4.69, 9.17) is 0 Å². The molecule has 0 unspecified atom stereocenters. The Labute approximate surface area is 562 Å². The minimum Gasteiger partial charge on any atom is -0.311 e. The van der Waals surface area contributed by atoms with Crippen molar-refractivity contribution in [3.05, 3.63) is 292 Å². The van der Waals surface area contributed by atoms with Gasteiger partial charge < -0.3 is 4.90 Å². The van der Waals surface area contributed by atoms with Crippen molar-refractivity contribution in [2.45, 2.75) is 186 Å². The van der Waals surface area contributed by atoms with Crippen molar-refractivity contribution in [3.63, 3.8) is 0 Å². The van der Waals surface area contributed by atoms with E-state index in [2.05, 4.69) is 311 Å². The van der Waals surface area contributed by atoms with Gasteiger partial charge in [-0.3, -0.25) is 9.59 Å². The summed E-state index contributed by atoms with van der Waals surface area (Å²) < 4.78 is 0. The van der Waals surface area contributed by atoms with E-state index in [1.807, 2.05) is 0 Å². The van der Waals surface area contributed by atoms with Crippen molar-refractivity contribution in [1.29, 1.82) is 0 Å². The third kappa shape index (κ3) is 12.5. The molecule has 0 N–H and O–H groups in total. The first-order chi connectivity index (χ1) is 45.4. The maximum atomic E-state index is 15.6. The molecule has 12 rings (SSSR count). The quantitative estimate of drug-likeness (QED) is 0.0401. The van der Waals surface area contributed by atoms with E-state index in [0.29, 0.717) is 12.8 Å². The Kier molecular flexibility index (Phi) is 19.0. The van der Waals surface area contributed by atoms with Crippen molar-refractivity contribution in [1.82, 2.24) is 0 Å². The first-order valence-corrected chi connectivity index (χ1v) is 35.3. The minimum absolute atomic E-state index is 0.000579. The van der Waals surface area contributed by atoms with Crippen molar-refractivity contribution < 1.29 is 9.59 Å². The predicted octanol–water partition coefficient (Wildman–Crippen LogP) is 24.2. The van der Waals surface area contributed by atoms with Gasteiger partial charge in [-0.1, -0.05) is 307 Å². The summed E-state index contributed by atoms with van der Waals surface area (Å²) in [6, 6.07) is 87.7. The molecule has 10 aromatic carbocycles. The summed E-state index contributed by atoms with van der Waals surface area (Å²) in [5.41, 5.74) is 22.1. The highest BCUT2D eigenvalue weighted by molar-refractivity contribution is 6.20. The number of hydrogen-bond donors (Lipinski definition) is 0. The summed E-state index contributed by atoms with van der Waals surface area (Å²) in [5, 5.41) is 0. The van der Waals surface area contributed by atoms with Gasteiger partial charge in [-0.15, -0.1) is 0 Å². The highest BCUT2D eigenvalue weighted by Crippen LogP contribution is 2.57. The van der Waals surface area contributed by atoms with Gasteiger partial charge in [-0.2, -0.15) is 0 Å². The Bertz CT molecular complexity index is 4210. The molecule has 10 aromatic rings. The molecule has 0 spiro atoms. The van der Waals surface area contributed by atoms with E-state index in [9.17, 15) is 0 Å². The van der Waals surface area contributed by atoms with Crippen molar-refractivity contribution >= 4 is 28.6 Å². The Morgan fingerprint density at radius 1 is 0.351 bits per heavy atom. The SMILES string of the molecule is CCCCCCCC(=O)C1(C(=O)CCCCCCC)c2cc(-c3ccc(C)cc3)ccc2-c2ccc(-c3ccc(N(c4ccccc4)c4ccc(C(C)(C)C(C)(C)c5ccc6c(c5)C(Cc5ccccc5)(Cc5ccccc5)c5cc(C(C)(C)C)ccc5-6)cc4)cc3)cc21. The number of carbonyl (C=O) groups excluding carboxylic acids is 2. The summed E-state index contributed by atoms with van der Waals surface area (Å²) in [4.78, 5) is 33.6. The second-order valence-corrected chi connectivity index (χ2v) is 29.5. The molecule has 0 heterocycles. The number of fused-ring (bicyclic) bond motifs is 6. The molecule has 0 amide bonds. The number of para-hydroxylation sites is 1. The number of anilines is 3. The first-order valence-electron chi connectivity index (χ1n) is 35.3. The van der Waals surface area contributed by atoms with Crippen LogP contribution in [0.5, 0.6) is 0 Å². The maximum absolute atomic E-state index is 15.6. The fraction of sp³-hybridized carbons (Fsp3) is 0.319. The number of unbranched alkanes of at least 4 members (excludes halogenated alkanes) is 8. The molecule has 3 nitrogen and oxygen atoms in total. The smallest absolute Gasteiger partial charge is 0.155 e. The van der Waals surface area contributed by atoms with Gasteiger partial charge in [-0.25, -0.2) is 0 Å². The molecule has 0 saturated heterocycles. The van der Waals surface area contributed by atoms with Crippen LogP contribution in [-0.2, 0) is 49.5 Å². The van der Waals surface area contributed by atoms with E-state index >= 15 is 9.59 Å². The lowest BCUT2D eigenvalue weighted by Crippen LogP contribution is -2.43. The van der Waals surface area contributed by atoms with Crippen LogP contribution < -0.4 is 4.90 Å². The molecule has 3 heteroatoms. The standard InChI is InChI=1S/C91H97NO2/c1-11-13-15-17-28-36-85(93)91(86(94)37-29-18-16-14-12-2)83-58-69(67-40-38-64(3)39-41-67)44-54-79(83)80-55-45-70(59-84(80)91)68-42-50-75(51-43-68)92(74-34-26-21-27-35-74)76-52-46-71(47-53-76)88(7,8)89(9,10)73-49-57-78-77-56-48-72(87(4,5)6)60-81(77)90(82(78)61-73,62-65-30-22-19-23-31-65)63-66-32-24-20-25-33-66/h19-27,30-35,38-61H,11-18,28-29,36-37,62-63H2,1-10H3. The molecular weight excluding hydrogens is 1140 g/mol. The molecule has 0 saturated carbocycles. The van der Waals surface area contributed by atoms with Gasteiger partial charge in [0.25, 0.3) is 0 Å². The van der Waals surface area contributed by atoms with Crippen LogP contribution in [0, 0.1) is 6.92 Å². The zero-order valence-electron chi connectivity index (χ0n) is 57.7. The molecule has 0 radical (unpaired) electrons. The van der Waals surface area contributed by atoms with Gasteiger partial charge in [0.15, 0.2) is 11.6 Å². The lowest BCUT2D eigenvalue weighted by molar-refractivity contribution is -0.133. The first kappa shape index (κ1) is 65.4. The van der Waals surface area contributed by atoms with Crippen LogP contribution in [0.15, 0.2) is 237 Å². The molecule has 0 atom stereocenters. The van der Waals surface area contributed by atoms with E-state index in [0.717, 1.165) is 139 Å². The molecule has 0 fully saturated rings. The summed E-state index contributed by atoms with van der Waals surface area (Å²) in [7, 11) is 0. The zero-order chi connectivity index (χ0) is 65.8. The van der Waals surface area contributed by atoms with Crippen molar-refractivity contribution in [2.24, 2.45) is 0 Å². The third-order valence-corrected chi connectivity index (χ3v) is 21.9. The molecule has 0 aromatic heterocycles. The van der Waals surface area contributed by atoms with Crippen molar-refractivity contribution in [2.75, 3.05) is 4.90 Å². The zero-order valence-corrected chi connectivity index (χ0v) is 57.7. The van der Waals surface area contributed by atoms with Gasteiger partial charge in [-0.05, 0) is 192 Å². The monoisotopic (exact) mass is 1240 g/mol. The normalized spacial score (nSPS) is 13.6. The predicted molar refractivity (Wildman–Crippen MR) is 397 cm³/mol. The fourth-order valence-corrected chi connectivity index (χ4v) is 15.6. The largest absolute Gasteiger partial charge is 0.311 e. The molecular formula is C91H97NO2. The average Bonchev–Trinajstić information content (AvgIpc) is 1.55. The molecule has 478 valence electrons. The van der Waals surface area contributed by atoms with E-state index in [1.165, 1.54) is 55.6 Å². The number of rotatable bonds is 26.